The minimum absolute atomic E-state index is 0.142. The largest absolute Gasteiger partial charge is 0.338 e. The summed E-state index contributed by atoms with van der Waals surface area (Å²) in [4.78, 5) is 13.8. The zero-order chi connectivity index (χ0) is 13.8. The molecule has 1 N–H and O–H groups in total. The van der Waals surface area contributed by atoms with Gasteiger partial charge in [0.25, 0.3) is 0 Å². The van der Waals surface area contributed by atoms with Crippen LogP contribution in [0.25, 0.3) is 0 Å². The molecule has 1 aliphatic heterocycles. The molecule has 2 rings (SSSR count). The van der Waals surface area contributed by atoms with Crippen molar-refractivity contribution in [2.45, 2.75) is 52.2 Å². The average molecular weight is 265 g/mol. The first-order valence-corrected chi connectivity index (χ1v) is 7.00. The van der Waals surface area contributed by atoms with Crippen LogP contribution < -0.4 is 5.32 Å². The molecule has 0 radical (unpaired) electrons. The van der Waals surface area contributed by atoms with Crippen LogP contribution in [-0.4, -0.2) is 45.2 Å². The third kappa shape index (κ3) is 3.32. The van der Waals surface area contributed by atoms with Gasteiger partial charge in [0.15, 0.2) is 5.82 Å². The highest BCUT2D eigenvalue weighted by Gasteiger charge is 2.20. The highest BCUT2D eigenvalue weighted by atomic mass is 16.2. The zero-order valence-electron chi connectivity index (χ0n) is 12.0. The van der Waals surface area contributed by atoms with E-state index in [1.54, 1.807) is 4.90 Å². The van der Waals surface area contributed by atoms with Crippen LogP contribution in [0.4, 0.5) is 0 Å². The molecular formula is C13H23N5O. The van der Waals surface area contributed by atoms with Gasteiger partial charge in [-0.3, -0.25) is 4.79 Å². The van der Waals surface area contributed by atoms with E-state index in [2.05, 4.69) is 20.1 Å². The molecule has 6 nitrogen and oxygen atoms in total. The summed E-state index contributed by atoms with van der Waals surface area (Å²) in [5, 5.41) is 11.6. The Balaban J connectivity index is 1.89. The molecule has 0 fully saturated rings. The molecule has 2 heterocycles. The molecule has 1 aliphatic rings. The van der Waals surface area contributed by atoms with Crippen molar-refractivity contribution in [1.29, 1.82) is 0 Å². The standard InChI is InChI=1S/C13H23N5O/c1-4-14-10(2)8-13(19)17(3)9-12-16-15-11-6-5-7-18(11)12/h10,14H,4-9H2,1-3H3. The van der Waals surface area contributed by atoms with Gasteiger partial charge in [-0.05, 0) is 19.9 Å². The van der Waals surface area contributed by atoms with E-state index in [0.29, 0.717) is 13.0 Å². The first kappa shape index (κ1) is 14.0. The number of nitrogens with one attached hydrogen (secondary N) is 1. The first-order valence-electron chi connectivity index (χ1n) is 7.00. The third-order valence-electron chi connectivity index (χ3n) is 3.52. The fourth-order valence-electron chi connectivity index (χ4n) is 2.47. The van der Waals surface area contributed by atoms with Crippen LogP contribution in [0.15, 0.2) is 0 Å². The molecule has 0 saturated carbocycles. The average Bonchev–Trinajstić information content (AvgIpc) is 2.94. The molecule has 0 spiro atoms. The lowest BCUT2D eigenvalue weighted by atomic mass is 10.2. The van der Waals surface area contributed by atoms with Gasteiger partial charge >= 0.3 is 0 Å². The topological polar surface area (TPSA) is 63.1 Å². The summed E-state index contributed by atoms with van der Waals surface area (Å²) in [6.07, 6.45) is 2.65. The van der Waals surface area contributed by atoms with E-state index in [0.717, 1.165) is 37.6 Å². The second kappa shape index (κ2) is 6.14. The first-order chi connectivity index (χ1) is 9.11. The summed E-state index contributed by atoms with van der Waals surface area (Å²) in [5.41, 5.74) is 0. The SMILES string of the molecule is CCNC(C)CC(=O)N(C)Cc1nnc2n1CCC2. The highest BCUT2D eigenvalue weighted by Crippen LogP contribution is 2.15. The van der Waals surface area contributed by atoms with Gasteiger partial charge < -0.3 is 14.8 Å². The smallest absolute Gasteiger partial charge is 0.224 e. The summed E-state index contributed by atoms with van der Waals surface area (Å²) >= 11 is 0. The fourth-order valence-corrected chi connectivity index (χ4v) is 2.47. The highest BCUT2D eigenvalue weighted by molar-refractivity contribution is 5.76. The predicted molar refractivity (Wildman–Crippen MR) is 72.6 cm³/mol. The Morgan fingerprint density at radius 2 is 2.32 bits per heavy atom. The summed E-state index contributed by atoms with van der Waals surface area (Å²) in [6.45, 7) is 6.49. The van der Waals surface area contributed by atoms with Gasteiger partial charge in [0.05, 0.1) is 6.54 Å². The van der Waals surface area contributed by atoms with Crippen LogP contribution in [0.5, 0.6) is 0 Å². The number of rotatable bonds is 6. The Kier molecular flexibility index (Phi) is 4.52. The van der Waals surface area contributed by atoms with E-state index in [1.165, 1.54) is 0 Å². The number of hydrogen-bond donors (Lipinski definition) is 1. The summed E-state index contributed by atoms with van der Waals surface area (Å²) in [7, 11) is 1.83. The molecule has 0 aliphatic carbocycles. The Bertz CT molecular complexity index is 442. The normalized spacial score (nSPS) is 15.3. The zero-order valence-corrected chi connectivity index (χ0v) is 12.0. The van der Waals surface area contributed by atoms with Crippen molar-refractivity contribution < 1.29 is 4.79 Å². The second-order valence-corrected chi connectivity index (χ2v) is 5.20. The maximum absolute atomic E-state index is 12.1. The van der Waals surface area contributed by atoms with Gasteiger partial charge in [0.1, 0.15) is 5.82 Å². The van der Waals surface area contributed by atoms with Crippen molar-refractivity contribution in [2.24, 2.45) is 0 Å². The van der Waals surface area contributed by atoms with E-state index in [9.17, 15) is 4.79 Å². The monoisotopic (exact) mass is 265 g/mol. The number of nitrogens with zero attached hydrogens (tertiary/aromatic N) is 4. The lowest BCUT2D eigenvalue weighted by molar-refractivity contribution is -0.131. The lowest BCUT2D eigenvalue weighted by Gasteiger charge is -2.19. The van der Waals surface area contributed by atoms with E-state index in [1.807, 2.05) is 20.9 Å². The van der Waals surface area contributed by atoms with Crippen LogP contribution in [0, 0.1) is 0 Å². The van der Waals surface area contributed by atoms with Crippen molar-refractivity contribution in [3.05, 3.63) is 11.6 Å². The Morgan fingerprint density at radius 3 is 3.05 bits per heavy atom. The van der Waals surface area contributed by atoms with E-state index in [4.69, 9.17) is 0 Å². The van der Waals surface area contributed by atoms with Gasteiger partial charge in [0.2, 0.25) is 5.91 Å². The van der Waals surface area contributed by atoms with Crippen LogP contribution in [-0.2, 0) is 24.3 Å². The van der Waals surface area contributed by atoms with E-state index >= 15 is 0 Å². The number of amides is 1. The molecule has 1 amide bonds. The van der Waals surface area contributed by atoms with Crippen molar-refractivity contribution in [3.63, 3.8) is 0 Å². The molecular weight excluding hydrogens is 242 g/mol. The summed E-state index contributed by atoms with van der Waals surface area (Å²) < 4.78 is 2.14. The van der Waals surface area contributed by atoms with Gasteiger partial charge in [-0.2, -0.15) is 0 Å². The van der Waals surface area contributed by atoms with Crippen molar-refractivity contribution in [2.75, 3.05) is 13.6 Å². The predicted octanol–water partition coefficient (Wildman–Crippen LogP) is 0.571. The molecule has 1 unspecified atom stereocenters. The minimum Gasteiger partial charge on any atom is -0.338 e. The number of aryl methyl sites for hydroxylation is 1. The van der Waals surface area contributed by atoms with E-state index in [-0.39, 0.29) is 11.9 Å². The number of fused-ring (bicyclic) bond motifs is 1. The number of aromatic nitrogens is 3. The second-order valence-electron chi connectivity index (χ2n) is 5.20. The maximum atomic E-state index is 12.1. The van der Waals surface area contributed by atoms with Crippen LogP contribution >= 0.6 is 0 Å². The Labute approximate surface area is 114 Å². The quantitative estimate of drug-likeness (QED) is 0.817. The summed E-state index contributed by atoms with van der Waals surface area (Å²) in [5.74, 6) is 2.10. The number of hydrogen-bond acceptors (Lipinski definition) is 4. The van der Waals surface area contributed by atoms with Crippen molar-refractivity contribution >= 4 is 5.91 Å². The molecule has 6 heteroatoms. The van der Waals surface area contributed by atoms with Gasteiger partial charge in [0, 0.05) is 32.5 Å². The molecule has 0 saturated heterocycles. The molecule has 0 bridgehead atoms. The Hall–Kier alpha value is -1.43. The Morgan fingerprint density at radius 1 is 1.53 bits per heavy atom. The molecule has 1 aromatic rings. The molecule has 106 valence electrons. The van der Waals surface area contributed by atoms with Gasteiger partial charge in [-0.25, -0.2) is 0 Å². The minimum atomic E-state index is 0.142. The van der Waals surface area contributed by atoms with Gasteiger partial charge in [-0.15, -0.1) is 10.2 Å². The summed E-state index contributed by atoms with van der Waals surface area (Å²) in [6, 6.07) is 0.212. The van der Waals surface area contributed by atoms with Crippen molar-refractivity contribution in [1.82, 2.24) is 25.0 Å². The van der Waals surface area contributed by atoms with Crippen LogP contribution in [0.3, 0.4) is 0 Å². The van der Waals surface area contributed by atoms with Crippen LogP contribution in [0.1, 0.15) is 38.3 Å². The fraction of sp³-hybridized carbons (Fsp3) is 0.769. The van der Waals surface area contributed by atoms with E-state index < -0.39 is 0 Å². The number of carbonyl (C=O) groups is 1. The molecule has 19 heavy (non-hydrogen) atoms. The lowest BCUT2D eigenvalue weighted by Crippen LogP contribution is -2.35. The molecule has 0 aromatic carbocycles. The number of carbonyl (C=O) groups excluding carboxylic acids is 1. The third-order valence-corrected chi connectivity index (χ3v) is 3.52. The molecule has 1 atom stereocenters. The molecule has 1 aromatic heterocycles. The van der Waals surface area contributed by atoms with Crippen LogP contribution in [0.2, 0.25) is 0 Å². The maximum Gasteiger partial charge on any atom is 0.224 e. The van der Waals surface area contributed by atoms with Crippen molar-refractivity contribution in [3.8, 4) is 0 Å². The van der Waals surface area contributed by atoms with Gasteiger partial charge in [-0.1, -0.05) is 6.92 Å².